The van der Waals surface area contributed by atoms with Crippen molar-refractivity contribution >= 4 is 23.3 Å². The van der Waals surface area contributed by atoms with Gasteiger partial charge in [0, 0.05) is 4.88 Å². The van der Waals surface area contributed by atoms with E-state index in [1.807, 2.05) is 38.3 Å². The Kier molecular flexibility index (Phi) is 5.98. The summed E-state index contributed by atoms with van der Waals surface area (Å²) in [5.41, 5.74) is 8.62. The van der Waals surface area contributed by atoms with Gasteiger partial charge in [-0.2, -0.15) is 0 Å². The van der Waals surface area contributed by atoms with Crippen LogP contribution < -0.4 is 16.4 Å². The lowest BCUT2D eigenvalue weighted by molar-refractivity contribution is -0.122. The van der Waals surface area contributed by atoms with Gasteiger partial charge in [-0.3, -0.25) is 4.79 Å². The maximum absolute atomic E-state index is 12.4. The minimum absolute atomic E-state index is 0.102. The molecule has 0 radical (unpaired) electrons. The molecule has 0 bridgehead atoms. The van der Waals surface area contributed by atoms with Gasteiger partial charge < -0.3 is 16.4 Å². The maximum atomic E-state index is 12.4. The lowest BCUT2D eigenvalue weighted by Crippen LogP contribution is -2.37. The van der Waals surface area contributed by atoms with Crippen molar-refractivity contribution in [2.24, 2.45) is 5.73 Å². The Hall–Kier alpha value is -2.34. The second-order valence-corrected chi connectivity index (χ2v) is 6.91. The fourth-order valence-electron chi connectivity index (χ4n) is 2.67. The van der Waals surface area contributed by atoms with Crippen molar-refractivity contribution in [3.63, 3.8) is 0 Å². The molecule has 0 saturated carbocycles. The van der Waals surface area contributed by atoms with E-state index in [0.29, 0.717) is 0 Å². The molecule has 0 aliphatic heterocycles. The summed E-state index contributed by atoms with van der Waals surface area (Å²) in [7, 11) is 0. The van der Waals surface area contributed by atoms with Crippen LogP contribution in [-0.4, -0.2) is 11.9 Å². The van der Waals surface area contributed by atoms with E-state index < -0.39 is 12.1 Å². The molecule has 0 spiro atoms. The molecule has 0 saturated heterocycles. The first-order valence-electron chi connectivity index (χ1n) is 7.82. The molecule has 6 heteroatoms. The number of urea groups is 1. The van der Waals surface area contributed by atoms with E-state index in [9.17, 15) is 9.59 Å². The average Bonchev–Trinajstić information content (AvgIpc) is 3.02. The van der Waals surface area contributed by atoms with Crippen LogP contribution in [0.2, 0.25) is 0 Å². The van der Waals surface area contributed by atoms with Gasteiger partial charge in [0.15, 0.2) is 0 Å². The van der Waals surface area contributed by atoms with Crippen molar-refractivity contribution in [3.8, 4) is 0 Å². The van der Waals surface area contributed by atoms with E-state index in [4.69, 9.17) is 5.73 Å². The smallest absolute Gasteiger partial charge is 0.312 e. The number of carbonyl (C=O) groups is 2. The molecule has 0 aliphatic carbocycles. The molecule has 24 heavy (non-hydrogen) atoms. The third-order valence-electron chi connectivity index (χ3n) is 3.87. The zero-order chi connectivity index (χ0) is 17.7. The first-order chi connectivity index (χ1) is 11.4. The van der Waals surface area contributed by atoms with E-state index >= 15 is 0 Å². The number of primary amides is 1. The van der Waals surface area contributed by atoms with Crippen molar-refractivity contribution in [1.82, 2.24) is 10.6 Å². The molecular weight excluding hydrogens is 322 g/mol. The van der Waals surface area contributed by atoms with Crippen LogP contribution in [0.5, 0.6) is 0 Å². The van der Waals surface area contributed by atoms with Gasteiger partial charge in [-0.25, -0.2) is 4.79 Å². The number of thiophene rings is 1. The molecule has 2 atom stereocenters. The number of amides is 3. The number of nitrogens with one attached hydrogen (secondary N) is 2. The first kappa shape index (κ1) is 18.0. The fraction of sp³-hybridized carbons (Fsp3) is 0.333. The molecule has 1 aromatic heterocycles. The Labute approximate surface area is 146 Å². The number of hydrogen-bond donors (Lipinski definition) is 3. The van der Waals surface area contributed by atoms with E-state index in [1.165, 1.54) is 11.3 Å². The Morgan fingerprint density at radius 1 is 1.21 bits per heavy atom. The lowest BCUT2D eigenvalue weighted by Gasteiger charge is -2.20. The molecule has 4 N–H and O–H groups in total. The molecule has 2 aromatic rings. The van der Waals surface area contributed by atoms with Gasteiger partial charge >= 0.3 is 6.03 Å². The van der Waals surface area contributed by atoms with Crippen LogP contribution in [0.1, 0.15) is 47.0 Å². The van der Waals surface area contributed by atoms with Crippen LogP contribution >= 0.6 is 11.3 Å². The van der Waals surface area contributed by atoms with Gasteiger partial charge in [0.05, 0.1) is 18.5 Å². The number of aryl methyl sites for hydroxylation is 2. The van der Waals surface area contributed by atoms with Crippen LogP contribution in [0.15, 0.2) is 35.7 Å². The highest BCUT2D eigenvalue weighted by molar-refractivity contribution is 7.10. The van der Waals surface area contributed by atoms with Gasteiger partial charge in [-0.15, -0.1) is 11.3 Å². The van der Waals surface area contributed by atoms with Crippen molar-refractivity contribution < 1.29 is 9.59 Å². The molecule has 5 nitrogen and oxygen atoms in total. The van der Waals surface area contributed by atoms with Gasteiger partial charge in [-0.05, 0) is 43.3 Å². The fourth-order valence-corrected chi connectivity index (χ4v) is 3.45. The standard InChI is InChI=1S/C18H23N3O2S/c1-11-6-7-12(2)14(9-11)13(3)20-17(22)10-15(21-18(19)23)16-5-4-8-24-16/h4-9,13,15H,10H2,1-3H3,(H,20,22)(H3,19,21,23)/t13-,15-/m0/s1. The Balaban J connectivity index is 2.05. The zero-order valence-electron chi connectivity index (χ0n) is 14.1. The minimum Gasteiger partial charge on any atom is -0.352 e. The summed E-state index contributed by atoms with van der Waals surface area (Å²) in [5, 5.41) is 7.54. The molecule has 0 unspecified atom stereocenters. The predicted molar refractivity (Wildman–Crippen MR) is 96.9 cm³/mol. The normalized spacial score (nSPS) is 13.1. The lowest BCUT2D eigenvalue weighted by atomic mass is 9.99. The third kappa shape index (κ3) is 4.83. The Morgan fingerprint density at radius 2 is 1.96 bits per heavy atom. The predicted octanol–water partition coefficient (Wildman–Crippen LogP) is 3.34. The zero-order valence-corrected chi connectivity index (χ0v) is 14.9. The molecule has 0 aliphatic rings. The van der Waals surface area contributed by atoms with E-state index in [0.717, 1.165) is 21.6 Å². The number of hydrogen-bond acceptors (Lipinski definition) is 3. The van der Waals surface area contributed by atoms with E-state index in [2.05, 4.69) is 28.8 Å². The van der Waals surface area contributed by atoms with E-state index in [-0.39, 0.29) is 18.4 Å². The monoisotopic (exact) mass is 345 g/mol. The SMILES string of the molecule is Cc1ccc(C)c([C@H](C)NC(=O)C[C@H](NC(N)=O)c2cccs2)c1. The number of nitrogens with two attached hydrogens (primary N) is 1. The van der Waals surface area contributed by atoms with Gasteiger partial charge in [0.1, 0.15) is 0 Å². The summed E-state index contributed by atoms with van der Waals surface area (Å²) in [4.78, 5) is 24.5. The summed E-state index contributed by atoms with van der Waals surface area (Å²) in [6, 6.07) is 8.80. The number of benzene rings is 1. The van der Waals surface area contributed by atoms with Crippen LogP contribution in [0, 0.1) is 13.8 Å². The van der Waals surface area contributed by atoms with Crippen molar-refractivity contribution in [1.29, 1.82) is 0 Å². The van der Waals surface area contributed by atoms with Crippen LogP contribution in [-0.2, 0) is 4.79 Å². The maximum Gasteiger partial charge on any atom is 0.312 e. The van der Waals surface area contributed by atoms with Crippen molar-refractivity contribution in [3.05, 3.63) is 57.3 Å². The second kappa shape index (κ2) is 7.97. The third-order valence-corrected chi connectivity index (χ3v) is 4.86. The summed E-state index contributed by atoms with van der Waals surface area (Å²) in [5.74, 6) is -0.129. The van der Waals surface area contributed by atoms with Crippen LogP contribution in [0.3, 0.4) is 0 Å². The summed E-state index contributed by atoms with van der Waals surface area (Å²) >= 11 is 1.48. The van der Waals surface area contributed by atoms with Crippen molar-refractivity contribution in [2.75, 3.05) is 0 Å². The van der Waals surface area contributed by atoms with Gasteiger partial charge in [0.25, 0.3) is 0 Å². The highest BCUT2D eigenvalue weighted by Gasteiger charge is 2.20. The topological polar surface area (TPSA) is 84.2 Å². The summed E-state index contributed by atoms with van der Waals surface area (Å²) in [6.45, 7) is 6.02. The van der Waals surface area contributed by atoms with Crippen LogP contribution in [0.25, 0.3) is 0 Å². The molecule has 128 valence electrons. The highest BCUT2D eigenvalue weighted by atomic mass is 32.1. The quantitative estimate of drug-likeness (QED) is 0.750. The van der Waals surface area contributed by atoms with E-state index in [1.54, 1.807) is 0 Å². The van der Waals surface area contributed by atoms with Crippen LogP contribution in [0.4, 0.5) is 4.79 Å². The summed E-state index contributed by atoms with van der Waals surface area (Å²) in [6.07, 6.45) is 0.151. The Bertz CT molecular complexity index is 713. The molecule has 2 rings (SSSR count). The molecule has 3 amide bonds. The number of carbonyl (C=O) groups excluding carboxylic acids is 2. The average molecular weight is 345 g/mol. The first-order valence-corrected chi connectivity index (χ1v) is 8.70. The molecular formula is C18H23N3O2S. The molecule has 0 fully saturated rings. The summed E-state index contributed by atoms with van der Waals surface area (Å²) < 4.78 is 0. The van der Waals surface area contributed by atoms with Crippen molar-refractivity contribution in [2.45, 2.75) is 39.3 Å². The molecule has 1 aromatic carbocycles. The Morgan fingerprint density at radius 3 is 2.58 bits per heavy atom. The minimum atomic E-state index is -0.635. The van der Waals surface area contributed by atoms with Gasteiger partial charge in [-0.1, -0.05) is 29.8 Å². The number of rotatable bonds is 6. The van der Waals surface area contributed by atoms with Gasteiger partial charge in [0.2, 0.25) is 5.91 Å². The second-order valence-electron chi connectivity index (χ2n) is 5.93. The largest absolute Gasteiger partial charge is 0.352 e. The highest BCUT2D eigenvalue weighted by Crippen LogP contribution is 2.23. The molecule has 1 heterocycles.